The van der Waals surface area contributed by atoms with Crippen LogP contribution in [0.15, 0.2) is 23.6 Å². The molecule has 0 fully saturated rings. The molecule has 1 aromatic heterocycles. The summed E-state index contributed by atoms with van der Waals surface area (Å²) >= 11 is 1.41. The molecular formula is C10H12O2S. The van der Waals surface area contributed by atoms with Crippen LogP contribution in [0.3, 0.4) is 0 Å². The van der Waals surface area contributed by atoms with E-state index in [-0.39, 0.29) is 5.78 Å². The summed E-state index contributed by atoms with van der Waals surface area (Å²) in [6, 6.07) is 1.76. The van der Waals surface area contributed by atoms with E-state index in [1.54, 1.807) is 13.2 Å². The van der Waals surface area contributed by atoms with Crippen LogP contribution in [-0.2, 0) is 0 Å². The molecular weight excluding hydrogens is 184 g/mol. The fourth-order valence-corrected chi connectivity index (χ4v) is 1.73. The zero-order valence-electron chi connectivity index (χ0n) is 7.79. The summed E-state index contributed by atoms with van der Waals surface area (Å²) in [6.07, 6.45) is 0.420. The molecule has 13 heavy (non-hydrogen) atoms. The Morgan fingerprint density at radius 3 is 2.85 bits per heavy atom. The second-order valence-electron chi connectivity index (χ2n) is 2.91. The number of methoxy groups -OCH3 is 1. The predicted octanol–water partition coefficient (Wildman–Crippen LogP) is 2.91. The van der Waals surface area contributed by atoms with Gasteiger partial charge in [0.05, 0.1) is 12.0 Å². The SMILES string of the molecule is C=C(C)CC(=O)c1cc(OC)cs1. The third kappa shape index (κ3) is 2.70. The lowest BCUT2D eigenvalue weighted by molar-refractivity contribution is 0.0997. The van der Waals surface area contributed by atoms with Crippen molar-refractivity contribution in [2.75, 3.05) is 7.11 Å². The van der Waals surface area contributed by atoms with E-state index in [0.717, 1.165) is 16.2 Å². The van der Waals surface area contributed by atoms with Gasteiger partial charge in [-0.1, -0.05) is 12.2 Å². The highest BCUT2D eigenvalue weighted by molar-refractivity contribution is 7.12. The first-order valence-electron chi connectivity index (χ1n) is 3.93. The van der Waals surface area contributed by atoms with Gasteiger partial charge in [-0.25, -0.2) is 0 Å². The van der Waals surface area contributed by atoms with Crippen molar-refractivity contribution in [1.82, 2.24) is 0 Å². The van der Waals surface area contributed by atoms with Gasteiger partial charge in [0.25, 0.3) is 0 Å². The maximum atomic E-state index is 11.5. The van der Waals surface area contributed by atoms with Crippen molar-refractivity contribution >= 4 is 17.1 Å². The molecule has 0 aromatic carbocycles. The van der Waals surface area contributed by atoms with E-state index < -0.39 is 0 Å². The van der Waals surface area contributed by atoms with Crippen molar-refractivity contribution in [3.63, 3.8) is 0 Å². The predicted molar refractivity (Wildman–Crippen MR) is 54.6 cm³/mol. The minimum Gasteiger partial charge on any atom is -0.496 e. The van der Waals surface area contributed by atoms with Crippen molar-refractivity contribution in [3.05, 3.63) is 28.5 Å². The van der Waals surface area contributed by atoms with E-state index >= 15 is 0 Å². The average molecular weight is 196 g/mol. The molecule has 0 saturated heterocycles. The quantitative estimate of drug-likeness (QED) is 0.546. The Hall–Kier alpha value is -1.09. The molecule has 0 spiro atoms. The minimum atomic E-state index is 0.112. The van der Waals surface area contributed by atoms with Gasteiger partial charge in [-0.05, 0) is 6.92 Å². The van der Waals surface area contributed by atoms with E-state index in [2.05, 4.69) is 6.58 Å². The molecule has 1 aromatic rings. The van der Waals surface area contributed by atoms with Gasteiger partial charge >= 0.3 is 0 Å². The molecule has 0 atom stereocenters. The third-order valence-corrected chi connectivity index (χ3v) is 2.50. The number of ether oxygens (including phenoxy) is 1. The van der Waals surface area contributed by atoms with Gasteiger partial charge < -0.3 is 4.74 Å². The Balaban J connectivity index is 2.71. The zero-order valence-corrected chi connectivity index (χ0v) is 8.61. The van der Waals surface area contributed by atoms with Crippen molar-refractivity contribution in [2.45, 2.75) is 13.3 Å². The van der Waals surface area contributed by atoms with Gasteiger partial charge in [0.2, 0.25) is 0 Å². The summed E-state index contributed by atoms with van der Waals surface area (Å²) in [5.74, 6) is 0.857. The summed E-state index contributed by atoms with van der Waals surface area (Å²) in [4.78, 5) is 12.2. The van der Waals surface area contributed by atoms with Crippen LogP contribution in [0.25, 0.3) is 0 Å². The Morgan fingerprint density at radius 1 is 1.69 bits per heavy atom. The Morgan fingerprint density at radius 2 is 2.38 bits per heavy atom. The summed E-state index contributed by atoms with van der Waals surface area (Å²) in [6.45, 7) is 5.55. The maximum absolute atomic E-state index is 11.5. The number of hydrogen-bond donors (Lipinski definition) is 0. The van der Waals surface area contributed by atoms with Crippen molar-refractivity contribution in [3.8, 4) is 5.75 Å². The number of hydrogen-bond acceptors (Lipinski definition) is 3. The smallest absolute Gasteiger partial charge is 0.176 e. The number of carbonyl (C=O) groups is 1. The van der Waals surface area contributed by atoms with Crippen LogP contribution in [0.4, 0.5) is 0 Å². The molecule has 1 rings (SSSR count). The van der Waals surface area contributed by atoms with Gasteiger partial charge in [-0.2, -0.15) is 0 Å². The zero-order chi connectivity index (χ0) is 9.84. The first kappa shape index (κ1) is 9.99. The highest BCUT2D eigenvalue weighted by Crippen LogP contribution is 2.22. The molecule has 0 bridgehead atoms. The largest absolute Gasteiger partial charge is 0.496 e. The van der Waals surface area contributed by atoms with Crippen LogP contribution in [-0.4, -0.2) is 12.9 Å². The van der Waals surface area contributed by atoms with Crippen LogP contribution in [0, 0.1) is 0 Å². The summed E-state index contributed by atoms with van der Waals surface area (Å²) in [5, 5.41) is 1.83. The van der Waals surface area contributed by atoms with E-state index in [9.17, 15) is 4.79 Å². The van der Waals surface area contributed by atoms with Crippen LogP contribution < -0.4 is 4.74 Å². The molecule has 3 heteroatoms. The van der Waals surface area contributed by atoms with Gasteiger partial charge in [-0.3, -0.25) is 4.79 Å². The van der Waals surface area contributed by atoms with Crippen molar-refractivity contribution < 1.29 is 9.53 Å². The lowest BCUT2D eigenvalue weighted by Crippen LogP contribution is -1.95. The van der Waals surface area contributed by atoms with Gasteiger partial charge in [-0.15, -0.1) is 11.3 Å². The Bertz CT molecular complexity index is 325. The lowest BCUT2D eigenvalue weighted by atomic mass is 10.1. The minimum absolute atomic E-state index is 0.112. The number of ketones is 1. The molecule has 1 heterocycles. The monoisotopic (exact) mass is 196 g/mol. The van der Waals surface area contributed by atoms with Gasteiger partial charge in [0.1, 0.15) is 5.75 Å². The number of carbonyl (C=O) groups excluding carboxylic acids is 1. The number of allylic oxidation sites excluding steroid dienone is 1. The molecule has 0 N–H and O–H groups in total. The molecule has 0 amide bonds. The average Bonchev–Trinajstić information content (AvgIpc) is 2.50. The Kier molecular flexibility index (Phi) is 3.25. The maximum Gasteiger partial charge on any atom is 0.176 e. The third-order valence-electron chi connectivity index (χ3n) is 1.55. The van der Waals surface area contributed by atoms with Crippen LogP contribution in [0.2, 0.25) is 0 Å². The fraction of sp³-hybridized carbons (Fsp3) is 0.300. The second kappa shape index (κ2) is 4.23. The Labute approximate surface area is 81.8 Å². The molecule has 0 unspecified atom stereocenters. The second-order valence-corrected chi connectivity index (χ2v) is 3.82. The van der Waals surface area contributed by atoms with E-state index in [0.29, 0.717) is 6.42 Å². The van der Waals surface area contributed by atoms with Crippen LogP contribution in [0.1, 0.15) is 23.0 Å². The lowest BCUT2D eigenvalue weighted by Gasteiger charge is -1.95. The van der Waals surface area contributed by atoms with Crippen molar-refractivity contribution in [2.24, 2.45) is 0 Å². The van der Waals surface area contributed by atoms with Crippen LogP contribution >= 0.6 is 11.3 Å². The van der Waals surface area contributed by atoms with Gasteiger partial charge in [0, 0.05) is 17.9 Å². The van der Waals surface area contributed by atoms with Crippen molar-refractivity contribution in [1.29, 1.82) is 0 Å². The standard InChI is InChI=1S/C10H12O2S/c1-7(2)4-9(11)10-5-8(12-3)6-13-10/h5-6H,1,4H2,2-3H3. The highest BCUT2D eigenvalue weighted by atomic mass is 32.1. The molecule has 0 saturated carbocycles. The topological polar surface area (TPSA) is 26.3 Å². The molecule has 0 aliphatic rings. The fourth-order valence-electron chi connectivity index (χ4n) is 0.933. The van der Waals surface area contributed by atoms with E-state index in [1.165, 1.54) is 11.3 Å². The normalized spacial score (nSPS) is 9.69. The molecule has 70 valence electrons. The molecule has 2 nitrogen and oxygen atoms in total. The summed E-state index contributed by atoms with van der Waals surface area (Å²) in [5.41, 5.74) is 0.886. The number of rotatable bonds is 4. The van der Waals surface area contributed by atoms with Gasteiger partial charge in [0.15, 0.2) is 5.78 Å². The summed E-state index contributed by atoms with van der Waals surface area (Å²) < 4.78 is 4.99. The first-order chi connectivity index (χ1) is 6.13. The molecule has 0 radical (unpaired) electrons. The highest BCUT2D eigenvalue weighted by Gasteiger charge is 2.08. The summed E-state index contributed by atoms with van der Waals surface area (Å²) in [7, 11) is 1.59. The van der Waals surface area contributed by atoms with Crippen LogP contribution in [0.5, 0.6) is 5.75 Å². The van der Waals surface area contributed by atoms with E-state index in [1.807, 2.05) is 12.3 Å². The number of Topliss-reactive ketones (excluding diaryl/α,β-unsaturated/α-hetero) is 1. The van der Waals surface area contributed by atoms with E-state index in [4.69, 9.17) is 4.74 Å². The first-order valence-corrected chi connectivity index (χ1v) is 4.81. The number of thiophene rings is 1. The molecule has 0 aliphatic carbocycles. The molecule has 0 aliphatic heterocycles.